The Morgan fingerprint density at radius 3 is 1.89 bits per heavy atom. The summed E-state index contributed by atoms with van der Waals surface area (Å²) in [5.74, 6) is 3.40. The largest absolute Gasteiger partial charge is 0.310 e. The standard InChI is InChI=1S/C44H37N/c1-2-12-37(13-3-1)45(38-14-8-11-33(27-38)34-18-17-31-9-4-5-10-32(31)26-34)39-19-20-41-40-15-6-7-16-42(40)44(43(41)28-39)35-22-29-21-30(24-35)25-36(44)23-29/h1-20,26-30,35-36H,21-25H2. The number of rotatable bonds is 4. The summed E-state index contributed by atoms with van der Waals surface area (Å²) in [5, 5.41) is 2.56. The Morgan fingerprint density at radius 1 is 0.422 bits per heavy atom. The molecule has 5 aliphatic rings. The van der Waals surface area contributed by atoms with Crippen molar-refractivity contribution in [2.24, 2.45) is 23.7 Å². The fourth-order valence-corrected chi connectivity index (χ4v) is 10.5. The third-order valence-electron chi connectivity index (χ3n) is 12.0. The SMILES string of the molecule is c1ccc(N(c2cccc(-c3ccc4ccccc4c3)c2)c2ccc3c(c2)C2(c4ccccc4-3)C3CC4CC(C3)CC2C4)cc1. The van der Waals surface area contributed by atoms with Crippen LogP contribution in [0.25, 0.3) is 33.0 Å². The second-order valence-corrected chi connectivity index (χ2v) is 14.2. The molecule has 1 nitrogen and oxygen atoms in total. The fourth-order valence-electron chi connectivity index (χ4n) is 10.5. The predicted molar refractivity (Wildman–Crippen MR) is 187 cm³/mol. The maximum atomic E-state index is 2.60. The van der Waals surface area contributed by atoms with Crippen LogP contribution in [0.2, 0.25) is 0 Å². The van der Waals surface area contributed by atoms with Gasteiger partial charge in [0, 0.05) is 22.5 Å². The van der Waals surface area contributed by atoms with Gasteiger partial charge in [0.1, 0.15) is 0 Å². The molecule has 0 heterocycles. The average molecular weight is 580 g/mol. The number of benzene rings is 6. The van der Waals surface area contributed by atoms with Crippen molar-refractivity contribution in [1.29, 1.82) is 0 Å². The van der Waals surface area contributed by atoms with Gasteiger partial charge in [0.25, 0.3) is 0 Å². The molecule has 4 fully saturated rings. The van der Waals surface area contributed by atoms with Crippen molar-refractivity contribution in [3.63, 3.8) is 0 Å². The van der Waals surface area contributed by atoms with E-state index in [1.165, 1.54) is 82.2 Å². The predicted octanol–water partition coefficient (Wildman–Crippen LogP) is 11.7. The Morgan fingerprint density at radius 2 is 1.07 bits per heavy atom. The molecule has 11 rings (SSSR count). The van der Waals surface area contributed by atoms with Gasteiger partial charge in [-0.2, -0.15) is 0 Å². The highest BCUT2D eigenvalue weighted by Gasteiger charge is 2.61. The zero-order chi connectivity index (χ0) is 29.5. The molecule has 45 heavy (non-hydrogen) atoms. The molecule has 4 saturated carbocycles. The number of hydrogen-bond acceptors (Lipinski definition) is 1. The summed E-state index contributed by atoms with van der Waals surface area (Å²) in [6, 6.07) is 52.4. The normalized spacial score (nSPS) is 25.4. The van der Waals surface area contributed by atoms with Gasteiger partial charge in [-0.05, 0) is 142 Å². The lowest BCUT2D eigenvalue weighted by atomic mass is 9.43. The molecule has 0 aliphatic heterocycles. The van der Waals surface area contributed by atoms with Gasteiger partial charge in [0.15, 0.2) is 0 Å². The summed E-state index contributed by atoms with van der Waals surface area (Å²) >= 11 is 0. The van der Waals surface area contributed by atoms with Gasteiger partial charge in [-0.15, -0.1) is 0 Å². The van der Waals surface area contributed by atoms with Crippen LogP contribution in [0.4, 0.5) is 17.1 Å². The summed E-state index contributed by atoms with van der Waals surface area (Å²) in [6.45, 7) is 0. The van der Waals surface area contributed by atoms with E-state index in [1.807, 2.05) is 0 Å². The van der Waals surface area contributed by atoms with Gasteiger partial charge in [-0.25, -0.2) is 0 Å². The van der Waals surface area contributed by atoms with Crippen LogP contribution in [0.15, 0.2) is 140 Å². The second kappa shape index (κ2) is 9.69. The van der Waals surface area contributed by atoms with E-state index in [0.717, 1.165) is 23.7 Å². The van der Waals surface area contributed by atoms with E-state index in [0.29, 0.717) is 0 Å². The minimum atomic E-state index is 0.157. The van der Waals surface area contributed by atoms with Crippen LogP contribution in [0.5, 0.6) is 0 Å². The van der Waals surface area contributed by atoms with E-state index in [1.54, 1.807) is 11.1 Å². The smallest absolute Gasteiger partial charge is 0.0467 e. The first-order chi connectivity index (χ1) is 22.3. The zero-order valence-corrected chi connectivity index (χ0v) is 25.6. The average Bonchev–Trinajstić information content (AvgIpc) is 3.38. The van der Waals surface area contributed by atoms with Crippen LogP contribution in [0.3, 0.4) is 0 Å². The summed E-state index contributed by atoms with van der Waals surface area (Å²) in [5.41, 5.74) is 12.5. The number of anilines is 3. The molecule has 0 aromatic heterocycles. The van der Waals surface area contributed by atoms with Crippen molar-refractivity contribution in [2.45, 2.75) is 37.5 Å². The molecular formula is C44H37N. The number of fused-ring (bicyclic) bond motifs is 4. The van der Waals surface area contributed by atoms with Crippen molar-refractivity contribution in [2.75, 3.05) is 4.90 Å². The van der Waals surface area contributed by atoms with E-state index in [2.05, 4.69) is 144 Å². The Hall–Kier alpha value is -4.62. The van der Waals surface area contributed by atoms with Gasteiger partial charge < -0.3 is 4.90 Å². The Balaban J connectivity index is 1.14. The minimum Gasteiger partial charge on any atom is -0.310 e. The number of hydrogen-bond donors (Lipinski definition) is 0. The highest BCUT2D eigenvalue weighted by molar-refractivity contribution is 5.89. The highest BCUT2D eigenvalue weighted by Crippen LogP contribution is 2.69. The van der Waals surface area contributed by atoms with Crippen molar-refractivity contribution in [1.82, 2.24) is 0 Å². The van der Waals surface area contributed by atoms with E-state index in [9.17, 15) is 0 Å². The van der Waals surface area contributed by atoms with Crippen LogP contribution in [-0.4, -0.2) is 0 Å². The lowest BCUT2D eigenvalue weighted by Crippen LogP contribution is -2.55. The molecule has 218 valence electrons. The molecule has 1 heteroatoms. The van der Waals surface area contributed by atoms with E-state index >= 15 is 0 Å². The van der Waals surface area contributed by atoms with Crippen LogP contribution in [-0.2, 0) is 5.41 Å². The summed E-state index contributed by atoms with van der Waals surface area (Å²) in [4.78, 5) is 2.48. The third kappa shape index (κ3) is 3.73. The Bertz CT molecular complexity index is 2060. The molecular weight excluding hydrogens is 542 g/mol. The first-order valence-electron chi connectivity index (χ1n) is 16.9. The first-order valence-corrected chi connectivity index (χ1v) is 16.9. The molecule has 0 unspecified atom stereocenters. The van der Waals surface area contributed by atoms with Crippen LogP contribution < -0.4 is 4.90 Å². The molecule has 0 N–H and O–H groups in total. The first kappa shape index (κ1) is 25.7. The maximum absolute atomic E-state index is 2.60. The summed E-state index contributed by atoms with van der Waals surface area (Å²) in [6.07, 6.45) is 7.10. The maximum Gasteiger partial charge on any atom is 0.0467 e. The van der Waals surface area contributed by atoms with Crippen molar-refractivity contribution in [3.8, 4) is 22.3 Å². The molecule has 4 bridgehead atoms. The molecule has 0 radical (unpaired) electrons. The Kier molecular flexibility index (Phi) is 5.53. The van der Waals surface area contributed by atoms with Crippen molar-refractivity contribution >= 4 is 27.8 Å². The monoisotopic (exact) mass is 579 g/mol. The van der Waals surface area contributed by atoms with Gasteiger partial charge >= 0.3 is 0 Å². The lowest BCUT2D eigenvalue weighted by molar-refractivity contribution is -0.0399. The van der Waals surface area contributed by atoms with Crippen molar-refractivity contribution < 1.29 is 0 Å². The topological polar surface area (TPSA) is 3.24 Å². The lowest BCUT2D eigenvalue weighted by Gasteiger charge is -2.61. The molecule has 5 aliphatic carbocycles. The van der Waals surface area contributed by atoms with E-state index in [-0.39, 0.29) is 5.41 Å². The number of para-hydroxylation sites is 1. The van der Waals surface area contributed by atoms with Crippen LogP contribution >= 0.6 is 0 Å². The van der Waals surface area contributed by atoms with Crippen LogP contribution in [0.1, 0.15) is 43.2 Å². The van der Waals surface area contributed by atoms with Gasteiger partial charge in [-0.3, -0.25) is 0 Å². The highest BCUT2D eigenvalue weighted by atomic mass is 15.1. The van der Waals surface area contributed by atoms with Crippen LogP contribution in [0, 0.1) is 23.7 Å². The third-order valence-corrected chi connectivity index (χ3v) is 12.0. The molecule has 6 aromatic carbocycles. The van der Waals surface area contributed by atoms with E-state index < -0.39 is 0 Å². The molecule has 0 amide bonds. The zero-order valence-electron chi connectivity index (χ0n) is 25.6. The number of nitrogens with zero attached hydrogens (tertiary/aromatic N) is 1. The van der Waals surface area contributed by atoms with Crippen molar-refractivity contribution in [3.05, 3.63) is 151 Å². The van der Waals surface area contributed by atoms with Gasteiger partial charge in [0.05, 0.1) is 0 Å². The quantitative estimate of drug-likeness (QED) is 0.201. The summed E-state index contributed by atoms with van der Waals surface area (Å²) in [7, 11) is 0. The van der Waals surface area contributed by atoms with E-state index in [4.69, 9.17) is 0 Å². The Labute approximate surface area is 266 Å². The molecule has 6 aromatic rings. The minimum absolute atomic E-state index is 0.157. The summed E-state index contributed by atoms with van der Waals surface area (Å²) < 4.78 is 0. The second-order valence-electron chi connectivity index (χ2n) is 14.2. The fraction of sp³-hybridized carbons (Fsp3) is 0.227. The molecule has 1 spiro atoms. The van der Waals surface area contributed by atoms with Gasteiger partial charge in [-0.1, -0.05) is 97.1 Å². The molecule has 0 atom stereocenters. The molecule has 0 saturated heterocycles. The van der Waals surface area contributed by atoms with Gasteiger partial charge in [0.2, 0.25) is 0 Å².